The maximum atomic E-state index is 7.05. The van der Waals surface area contributed by atoms with Gasteiger partial charge in [0, 0.05) is 11.1 Å². The van der Waals surface area contributed by atoms with E-state index < -0.39 is 0 Å². The van der Waals surface area contributed by atoms with Gasteiger partial charge in [0.25, 0.3) is 0 Å². The van der Waals surface area contributed by atoms with Gasteiger partial charge in [0.2, 0.25) is 0 Å². The van der Waals surface area contributed by atoms with Gasteiger partial charge in [-0.15, -0.1) is 0 Å². The zero-order valence-corrected chi connectivity index (χ0v) is 19.9. The van der Waals surface area contributed by atoms with E-state index in [-0.39, 0.29) is 6.10 Å². The van der Waals surface area contributed by atoms with Crippen LogP contribution < -0.4 is 4.74 Å². The van der Waals surface area contributed by atoms with Crippen LogP contribution >= 0.6 is 0 Å². The summed E-state index contributed by atoms with van der Waals surface area (Å²) < 4.78 is 12.8. The summed E-state index contributed by atoms with van der Waals surface area (Å²) in [5, 5.41) is 0. The van der Waals surface area contributed by atoms with E-state index >= 15 is 0 Å². The Balaban J connectivity index is 1.26. The molecule has 10 rings (SSSR count). The highest BCUT2D eigenvalue weighted by Crippen LogP contribution is 2.65. The zero-order chi connectivity index (χ0) is 21.1. The second kappa shape index (κ2) is 6.55. The average Bonchev–Trinajstić information content (AvgIpc) is 3.57. The van der Waals surface area contributed by atoms with Crippen molar-refractivity contribution in [2.24, 2.45) is 35.5 Å². The van der Waals surface area contributed by atoms with Crippen molar-refractivity contribution in [2.75, 3.05) is 6.61 Å². The predicted molar refractivity (Wildman–Crippen MR) is 126 cm³/mol. The highest BCUT2D eigenvalue weighted by molar-refractivity contribution is 5.51. The summed E-state index contributed by atoms with van der Waals surface area (Å²) in [6.07, 6.45) is 18.1. The minimum absolute atomic E-state index is 0.178. The third-order valence-electron chi connectivity index (χ3n) is 11.4. The molecule has 1 heterocycles. The van der Waals surface area contributed by atoms with E-state index in [1.165, 1.54) is 82.8 Å². The first-order valence-corrected chi connectivity index (χ1v) is 14.0. The fourth-order valence-corrected chi connectivity index (χ4v) is 11.0. The molecular formula is C30H40O2. The number of para-hydroxylation sites is 1. The molecule has 2 atom stereocenters. The van der Waals surface area contributed by atoms with Gasteiger partial charge in [-0.1, -0.05) is 18.2 Å². The SMILES string of the molecule is CC(Oc1c(C23CC4CC(CC(C4)C2)C3)cccc1C12CC3CC(CC(C3)C1)C2)C1CO1. The van der Waals surface area contributed by atoms with Crippen molar-refractivity contribution in [2.45, 2.75) is 107 Å². The Morgan fingerprint density at radius 3 is 1.44 bits per heavy atom. The number of rotatable bonds is 5. The molecular weight excluding hydrogens is 392 g/mol. The van der Waals surface area contributed by atoms with Crippen LogP contribution in [0.1, 0.15) is 95.1 Å². The van der Waals surface area contributed by atoms with Crippen molar-refractivity contribution < 1.29 is 9.47 Å². The van der Waals surface area contributed by atoms with Gasteiger partial charge in [0.05, 0.1) is 6.61 Å². The van der Waals surface area contributed by atoms with Crippen molar-refractivity contribution in [1.82, 2.24) is 0 Å². The Labute approximate surface area is 193 Å². The molecule has 0 radical (unpaired) electrons. The first-order valence-electron chi connectivity index (χ1n) is 14.0. The van der Waals surface area contributed by atoms with Crippen LogP contribution in [0.2, 0.25) is 0 Å². The van der Waals surface area contributed by atoms with E-state index in [2.05, 4.69) is 25.1 Å². The normalized spacial score (nSPS) is 50.6. The molecule has 0 spiro atoms. The van der Waals surface area contributed by atoms with E-state index in [9.17, 15) is 0 Å². The van der Waals surface area contributed by atoms with Crippen molar-refractivity contribution in [1.29, 1.82) is 0 Å². The Morgan fingerprint density at radius 2 is 1.09 bits per heavy atom. The lowest BCUT2D eigenvalue weighted by molar-refractivity contribution is -0.0118. The van der Waals surface area contributed by atoms with Crippen molar-refractivity contribution in [3.8, 4) is 5.75 Å². The maximum Gasteiger partial charge on any atom is 0.127 e. The predicted octanol–water partition coefficient (Wildman–Crippen LogP) is 6.79. The number of epoxide rings is 1. The third kappa shape index (κ3) is 2.80. The van der Waals surface area contributed by atoms with E-state index in [4.69, 9.17) is 9.47 Å². The summed E-state index contributed by atoms with van der Waals surface area (Å²) >= 11 is 0. The van der Waals surface area contributed by atoms with Crippen LogP contribution in [0.15, 0.2) is 18.2 Å². The van der Waals surface area contributed by atoms with Crippen molar-refractivity contribution >= 4 is 0 Å². The van der Waals surface area contributed by atoms with Gasteiger partial charge >= 0.3 is 0 Å². The lowest BCUT2D eigenvalue weighted by Crippen LogP contribution is -2.50. The first kappa shape index (κ1) is 19.3. The van der Waals surface area contributed by atoms with Crippen molar-refractivity contribution in [3.63, 3.8) is 0 Å². The molecule has 2 heteroatoms. The molecule has 8 saturated carbocycles. The summed E-state index contributed by atoms with van der Waals surface area (Å²) in [7, 11) is 0. The Morgan fingerprint density at radius 1 is 0.719 bits per heavy atom. The van der Waals surface area contributed by atoms with E-state index in [0.717, 1.165) is 42.1 Å². The van der Waals surface area contributed by atoms with Gasteiger partial charge in [-0.3, -0.25) is 0 Å². The van der Waals surface area contributed by atoms with Crippen LogP contribution in [0, 0.1) is 35.5 Å². The fourth-order valence-electron chi connectivity index (χ4n) is 11.0. The van der Waals surface area contributed by atoms with Crippen LogP contribution in [0.3, 0.4) is 0 Å². The number of hydrogen-bond donors (Lipinski definition) is 0. The summed E-state index contributed by atoms with van der Waals surface area (Å²) in [5.74, 6) is 7.19. The van der Waals surface area contributed by atoms with Crippen LogP contribution in [0.25, 0.3) is 0 Å². The number of hydrogen-bond acceptors (Lipinski definition) is 2. The monoisotopic (exact) mass is 432 g/mol. The summed E-state index contributed by atoms with van der Waals surface area (Å²) in [5.41, 5.74) is 4.04. The van der Waals surface area contributed by atoms with E-state index in [1.54, 1.807) is 11.1 Å². The quantitative estimate of drug-likeness (QED) is 0.478. The van der Waals surface area contributed by atoms with Crippen LogP contribution in [0.5, 0.6) is 5.75 Å². The van der Waals surface area contributed by atoms with Gasteiger partial charge in [0.15, 0.2) is 0 Å². The molecule has 9 fully saturated rings. The molecule has 32 heavy (non-hydrogen) atoms. The Bertz CT molecular complexity index is 794. The molecule has 0 N–H and O–H groups in total. The molecule has 1 saturated heterocycles. The van der Waals surface area contributed by atoms with Crippen LogP contribution in [0.4, 0.5) is 0 Å². The Hall–Kier alpha value is -1.02. The maximum absolute atomic E-state index is 7.05. The molecule has 1 aromatic rings. The van der Waals surface area contributed by atoms with Gasteiger partial charge in [-0.2, -0.15) is 0 Å². The molecule has 2 unspecified atom stereocenters. The highest BCUT2D eigenvalue weighted by Gasteiger charge is 2.56. The van der Waals surface area contributed by atoms with Crippen LogP contribution in [-0.2, 0) is 15.6 Å². The van der Waals surface area contributed by atoms with E-state index in [0.29, 0.717) is 16.9 Å². The summed E-state index contributed by atoms with van der Waals surface area (Å²) in [4.78, 5) is 0. The molecule has 0 amide bonds. The highest BCUT2D eigenvalue weighted by atomic mass is 16.6. The lowest BCUT2D eigenvalue weighted by Gasteiger charge is -2.59. The Kier molecular flexibility index (Phi) is 3.95. The standard InChI is InChI=1S/C30H40O2/c1-18(27-17-31-27)32-28-25(29-11-19-5-20(12-29)7-21(6-19)13-29)3-2-4-26(28)30-14-22-8-23(15-30)10-24(9-22)16-30/h2-4,18-24,27H,5-17H2,1H3. The largest absolute Gasteiger partial charge is 0.487 e. The summed E-state index contributed by atoms with van der Waals surface area (Å²) in [6.45, 7) is 3.14. The molecule has 2 nitrogen and oxygen atoms in total. The molecule has 1 aliphatic heterocycles. The van der Waals surface area contributed by atoms with E-state index in [1.807, 2.05) is 0 Å². The third-order valence-corrected chi connectivity index (χ3v) is 11.4. The topological polar surface area (TPSA) is 21.8 Å². The van der Waals surface area contributed by atoms with Gasteiger partial charge in [0.1, 0.15) is 18.0 Å². The second-order valence-corrected chi connectivity index (χ2v) is 13.8. The van der Waals surface area contributed by atoms with Crippen molar-refractivity contribution in [3.05, 3.63) is 29.3 Å². The molecule has 172 valence electrons. The molecule has 0 aromatic heterocycles. The smallest absolute Gasteiger partial charge is 0.127 e. The minimum Gasteiger partial charge on any atom is -0.487 e. The fraction of sp³-hybridized carbons (Fsp3) is 0.800. The molecule has 8 aliphatic carbocycles. The van der Waals surface area contributed by atoms with Gasteiger partial charge in [-0.25, -0.2) is 0 Å². The molecule has 8 bridgehead atoms. The zero-order valence-electron chi connectivity index (χ0n) is 19.9. The molecule has 1 aromatic carbocycles. The van der Waals surface area contributed by atoms with Gasteiger partial charge < -0.3 is 9.47 Å². The number of benzene rings is 1. The number of ether oxygens (including phenoxy) is 2. The summed E-state index contributed by atoms with van der Waals surface area (Å²) in [6, 6.07) is 7.45. The molecule has 9 aliphatic rings. The average molecular weight is 433 g/mol. The van der Waals surface area contributed by atoms with Crippen LogP contribution in [-0.4, -0.2) is 18.8 Å². The van der Waals surface area contributed by atoms with Gasteiger partial charge in [-0.05, 0) is 130 Å². The minimum atomic E-state index is 0.178. The first-order chi connectivity index (χ1) is 15.6. The lowest BCUT2D eigenvalue weighted by atomic mass is 9.46. The second-order valence-electron chi connectivity index (χ2n) is 13.8.